The molecule has 0 amide bonds. The smallest absolute Gasteiger partial charge is 0.475 e. The Bertz CT molecular complexity index is 1130. The number of fused-ring (bicyclic) bond motifs is 1. The summed E-state index contributed by atoms with van der Waals surface area (Å²) in [5, 5.41) is 25.6. The largest absolute Gasteiger partial charge is 0.490 e. The van der Waals surface area contributed by atoms with Crippen molar-refractivity contribution >= 4 is 17.9 Å². The third kappa shape index (κ3) is 15.2. The van der Waals surface area contributed by atoms with Gasteiger partial charge < -0.3 is 19.9 Å². The molecular weight excluding hydrogens is 615 g/mol. The van der Waals surface area contributed by atoms with E-state index in [1.807, 2.05) is 24.1 Å². The Balaban J connectivity index is 0.000000690. The van der Waals surface area contributed by atoms with Crippen LogP contribution in [0, 0.1) is 0 Å². The quantitative estimate of drug-likeness (QED) is 0.413. The average Bonchev–Trinajstić information content (AvgIpc) is 3.43. The van der Waals surface area contributed by atoms with Crippen molar-refractivity contribution in [1.82, 2.24) is 29.1 Å². The molecule has 0 fully saturated rings. The van der Waals surface area contributed by atoms with E-state index in [1.165, 1.54) is 17.1 Å². The standard InChI is InChI=1S/C16H26N6.3C2HF3O2/c1-13(2)19(3)11-15-8-17-16-12-21(5-6-22(15)16)10-14-7-18-20(4)9-14;3*3-2(4,5)1(6)7/h7-9,13H,5-6,10-12H2,1-4H3;3*(H,6,7). The van der Waals surface area contributed by atoms with Gasteiger partial charge in [0, 0.05) is 57.2 Å². The van der Waals surface area contributed by atoms with Gasteiger partial charge in [0.25, 0.3) is 0 Å². The third-order valence-corrected chi connectivity index (χ3v) is 5.21. The van der Waals surface area contributed by atoms with Gasteiger partial charge in [-0.15, -0.1) is 0 Å². The van der Waals surface area contributed by atoms with Crippen LogP contribution in [-0.4, -0.2) is 101 Å². The van der Waals surface area contributed by atoms with Crippen LogP contribution >= 0.6 is 0 Å². The molecule has 0 bridgehead atoms. The number of aliphatic carboxylic acids is 3. The van der Waals surface area contributed by atoms with Gasteiger partial charge in [-0.25, -0.2) is 19.4 Å². The maximum Gasteiger partial charge on any atom is 0.490 e. The van der Waals surface area contributed by atoms with Crippen molar-refractivity contribution in [1.29, 1.82) is 0 Å². The van der Waals surface area contributed by atoms with Gasteiger partial charge in [0.05, 0.1) is 18.4 Å². The molecule has 1 aliphatic rings. The molecule has 3 heterocycles. The van der Waals surface area contributed by atoms with E-state index in [9.17, 15) is 39.5 Å². The van der Waals surface area contributed by atoms with Crippen LogP contribution in [0.5, 0.6) is 0 Å². The van der Waals surface area contributed by atoms with Crippen molar-refractivity contribution in [3.05, 3.63) is 35.7 Å². The minimum absolute atomic E-state index is 0.553. The zero-order valence-electron chi connectivity index (χ0n) is 23.0. The molecule has 0 radical (unpaired) electrons. The highest BCUT2D eigenvalue weighted by Crippen LogP contribution is 2.18. The van der Waals surface area contributed by atoms with Crippen molar-refractivity contribution in [2.45, 2.75) is 64.6 Å². The molecule has 246 valence electrons. The third-order valence-electron chi connectivity index (χ3n) is 5.21. The van der Waals surface area contributed by atoms with Crippen molar-refractivity contribution in [3.63, 3.8) is 0 Å². The normalized spacial score (nSPS) is 13.6. The first-order valence-corrected chi connectivity index (χ1v) is 11.7. The Labute approximate surface area is 237 Å². The minimum Gasteiger partial charge on any atom is -0.475 e. The first kappa shape index (κ1) is 39.1. The number of nitrogens with zero attached hydrogens (tertiary/aromatic N) is 6. The summed E-state index contributed by atoms with van der Waals surface area (Å²) in [7, 11) is 4.13. The van der Waals surface area contributed by atoms with E-state index in [0.29, 0.717) is 6.04 Å². The Kier molecular flexibility index (Phi) is 14.6. The second kappa shape index (κ2) is 16.1. The molecule has 0 unspecified atom stereocenters. The number of imidazole rings is 1. The fraction of sp³-hybridized carbons (Fsp3) is 0.591. The topological polar surface area (TPSA) is 154 Å². The molecule has 21 heteroatoms. The number of aryl methyl sites for hydroxylation is 1. The Morgan fingerprint density at radius 2 is 1.33 bits per heavy atom. The number of hydrogen-bond donors (Lipinski definition) is 3. The van der Waals surface area contributed by atoms with E-state index in [4.69, 9.17) is 29.7 Å². The maximum absolute atomic E-state index is 10.6. The van der Waals surface area contributed by atoms with E-state index in [-0.39, 0.29) is 0 Å². The summed E-state index contributed by atoms with van der Waals surface area (Å²) in [6.07, 6.45) is -9.17. The molecule has 2 aromatic rings. The summed E-state index contributed by atoms with van der Waals surface area (Å²) in [5.41, 5.74) is 2.59. The Morgan fingerprint density at radius 3 is 1.67 bits per heavy atom. The highest BCUT2D eigenvalue weighted by atomic mass is 19.4. The van der Waals surface area contributed by atoms with Gasteiger partial charge in [-0.1, -0.05) is 0 Å². The molecule has 1 aliphatic heterocycles. The van der Waals surface area contributed by atoms with Crippen LogP contribution in [0.25, 0.3) is 0 Å². The average molecular weight is 644 g/mol. The number of rotatable bonds is 5. The SMILES string of the molecule is CC(C)N(C)Cc1cnc2n1CCN(Cc1cnn(C)c1)C2.O=C(O)C(F)(F)F.O=C(O)C(F)(F)F.O=C(O)C(F)(F)F. The lowest BCUT2D eigenvalue weighted by Crippen LogP contribution is -2.35. The van der Waals surface area contributed by atoms with Gasteiger partial charge in [0.1, 0.15) is 5.82 Å². The van der Waals surface area contributed by atoms with Crippen molar-refractivity contribution in [2.75, 3.05) is 13.6 Å². The van der Waals surface area contributed by atoms with Crippen molar-refractivity contribution < 1.29 is 69.2 Å². The lowest BCUT2D eigenvalue weighted by atomic mass is 10.2. The summed E-state index contributed by atoms with van der Waals surface area (Å²) in [6.45, 7) is 9.37. The number of hydrogen-bond acceptors (Lipinski definition) is 7. The van der Waals surface area contributed by atoms with Gasteiger partial charge in [-0.3, -0.25) is 14.5 Å². The fourth-order valence-corrected chi connectivity index (χ4v) is 2.88. The zero-order chi connectivity index (χ0) is 33.9. The van der Waals surface area contributed by atoms with E-state index < -0.39 is 36.4 Å². The molecule has 0 atom stereocenters. The number of carboxylic acid groups (broad SMARTS) is 3. The summed E-state index contributed by atoms with van der Waals surface area (Å²) < 4.78 is 99.5. The van der Waals surface area contributed by atoms with Crippen LogP contribution in [0.3, 0.4) is 0 Å². The maximum atomic E-state index is 10.6. The number of carboxylic acids is 3. The van der Waals surface area contributed by atoms with Gasteiger partial charge in [-0.05, 0) is 20.9 Å². The van der Waals surface area contributed by atoms with Crippen molar-refractivity contribution in [3.8, 4) is 0 Å². The molecule has 0 aromatic carbocycles. The molecule has 3 N–H and O–H groups in total. The monoisotopic (exact) mass is 644 g/mol. The first-order chi connectivity index (χ1) is 19.4. The molecule has 3 rings (SSSR count). The highest BCUT2D eigenvalue weighted by Gasteiger charge is 2.39. The van der Waals surface area contributed by atoms with Gasteiger partial charge >= 0.3 is 36.4 Å². The molecule has 12 nitrogen and oxygen atoms in total. The van der Waals surface area contributed by atoms with Crippen LogP contribution < -0.4 is 0 Å². The van der Waals surface area contributed by atoms with E-state index in [2.05, 4.69) is 51.5 Å². The van der Waals surface area contributed by atoms with Gasteiger partial charge in [0.15, 0.2) is 0 Å². The van der Waals surface area contributed by atoms with Crippen molar-refractivity contribution in [2.24, 2.45) is 7.05 Å². The predicted molar refractivity (Wildman–Crippen MR) is 127 cm³/mol. The number of alkyl halides is 9. The molecule has 43 heavy (non-hydrogen) atoms. The number of carbonyl (C=O) groups is 3. The molecule has 0 saturated heterocycles. The van der Waals surface area contributed by atoms with E-state index >= 15 is 0 Å². The molecule has 2 aromatic heterocycles. The van der Waals surface area contributed by atoms with E-state index in [0.717, 1.165) is 32.7 Å². The summed E-state index contributed by atoms with van der Waals surface area (Å²) in [6, 6.07) is 0.553. The van der Waals surface area contributed by atoms with Crippen LogP contribution in [-0.2, 0) is 47.6 Å². The summed E-state index contributed by atoms with van der Waals surface area (Å²) in [5.74, 6) is -7.09. The molecule has 0 saturated carbocycles. The Morgan fingerprint density at radius 1 is 0.884 bits per heavy atom. The first-order valence-electron chi connectivity index (χ1n) is 11.7. The van der Waals surface area contributed by atoms with Crippen LogP contribution in [0.15, 0.2) is 18.6 Å². The fourth-order valence-electron chi connectivity index (χ4n) is 2.88. The van der Waals surface area contributed by atoms with Gasteiger partial charge in [-0.2, -0.15) is 44.6 Å². The number of halogens is 9. The van der Waals surface area contributed by atoms with Crippen LogP contribution in [0.4, 0.5) is 39.5 Å². The lowest BCUT2D eigenvalue weighted by Gasteiger charge is -2.29. The van der Waals surface area contributed by atoms with Crippen LogP contribution in [0.2, 0.25) is 0 Å². The minimum atomic E-state index is -5.08. The van der Waals surface area contributed by atoms with Gasteiger partial charge in [0.2, 0.25) is 0 Å². The molecule has 0 aliphatic carbocycles. The molecular formula is C22H29F9N6O6. The second-order valence-corrected chi connectivity index (χ2v) is 8.97. The van der Waals surface area contributed by atoms with E-state index in [1.54, 1.807) is 0 Å². The summed E-state index contributed by atoms with van der Waals surface area (Å²) in [4.78, 5) is 36.1. The van der Waals surface area contributed by atoms with Crippen LogP contribution in [0.1, 0.15) is 30.9 Å². The second-order valence-electron chi connectivity index (χ2n) is 8.97. The summed E-state index contributed by atoms with van der Waals surface area (Å²) >= 11 is 0. The Hall–Kier alpha value is -3.88. The molecule has 0 spiro atoms. The zero-order valence-corrected chi connectivity index (χ0v) is 23.0. The highest BCUT2D eigenvalue weighted by molar-refractivity contribution is 5.73. The predicted octanol–water partition coefficient (Wildman–Crippen LogP) is 3.37. The lowest BCUT2D eigenvalue weighted by molar-refractivity contribution is -0.193. The number of aromatic nitrogens is 4.